The molecule has 3 heteroatoms. The normalized spacial score (nSPS) is 12.5. The summed E-state index contributed by atoms with van der Waals surface area (Å²) in [7, 11) is 0. The van der Waals surface area contributed by atoms with E-state index in [0.717, 1.165) is 25.8 Å². The zero-order valence-electron chi connectivity index (χ0n) is 14.3. The molecule has 20 heavy (non-hydrogen) atoms. The molecule has 118 valence electrons. The predicted molar refractivity (Wildman–Crippen MR) is 84.9 cm³/mol. The van der Waals surface area contributed by atoms with Crippen LogP contribution in [0.1, 0.15) is 80.1 Å². The van der Waals surface area contributed by atoms with Gasteiger partial charge >= 0.3 is 0 Å². The molecule has 0 aromatic rings. The van der Waals surface area contributed by atoms with Crippen molar-refractivity contribution in [2.24, 2.45) is 5.41 Å². The van der Waals surface area contributed by atoms with Gasteiger partial charge in [0.2, 0.25) is 0 Å². The van der Waals surface area contributed by atoms with Crippen molar-refractivity contribution in [2.75, 3.05) is 6.54 Å². The lowest BCUT2D eigenvalue weighted by atomic mass is 9.82. The monoisotopic (exact) mass is 283 g/mol. The molecule has 0 spiro atoms. The fraction of sp³-hybridized carbons (Fsp3) is 0.882. The van der Waals surface area contributed by atoms with E-state index in [1.807, 2.05) is 0 Å². The highest BCUT2D eigenvalue weighted by molar-refractivity contribution is 5.76. The van der Waals surface area contributed by atoms with Crippen LogP contribution < -0.4 is 5.32 Å². The molecule has 0 aliphatic heterocycles. The van der Waals surface area contributed by atoms with E-state index < -0.39 is 0 Å². The maximum Gasteiger partial charge on any atom is 0.131 e. The molecular weight excluding hydrogens is 250 g/mol. The second-order valence-electron chi connectivity index (χ2n) is 7.54. The third-order valence-electron chi connectivity index (χ3n) is 3.55. The van der Waals surface area contributed by atoms with Crippen molar-refractivity contribution in [3.05, 3.63) is 0 Å². The molecule has 0 radical (unpaired) electrons. The van der Waals surface area contributed by atoms with Gasteiger partial charge in [-0.3, -0.25) is 4.79 Å². The Morgan fingerprint density at radius 2 is 1.40 bits per heavy atom. The SMILES string of the molecule is CC(=O)CC(C)(C)CCCCCNC(C)(C)CC(C)=O. The van der Waals surface area contributed by atoms with Crippen molar-refractivity contribution in [2.45, 2.75) is 85.6 Å². The minimum Gasteiger partial charge on any atom is -0.311 e. The number of ketones is 2. The molecule has 0 aromatic carbocycles. The van der Waals surface area contributed by atoms with Gasteiger partial charge in [0, 0.05) is 18.4 Å². The molecule has 3 nitrogen and oxygen atoms in total. The Bertz CT molecular complexity index is 287. The Labute approximate surface area is 124 Å². The average Bonchev–Trinajstić information content (AvgIpc) is 2.19. The number of hydrogen-bond donors (Lipinski definition) is 1. The van der Waals surface area contributed by atoms with E-state index in [-0.39, 0.29) is 22.5 Å². The number of carbonyl (C=O) groups excluding carboxylic acids is 2. The maximum atomic E-state index is 11.2. The number of Topliss-reactive ketones (excluding diaryl/α,β-unsaturated/α-hetero) is 2. The molecular formula is C17H33NO2. The summed E-state index contributed by atoms with van der Waals surface area (Å²) >= 11 is 0. The Hall–Kier alpha value is -0.700. The van der Waals surface area contributed by atoms with Crippen LogP contribution in [0.25, 0.3) is 0 Å². The Kier molecular flexibility index (Phi) is 8.26. The first-order chi connectivity index (χ1) is 9.04. The summed E-state index contributed by atoms with van der Waals surface area (Å²) in [6, 6.07) is 0. The summed E-state index contributed by atoms with van der Waals surface area (Å²) in [6.45, 7) is 12.7. The van der Waals surface area contributed by atoms with Gasteiger partial charge in [-0.25, -0.2) is 0 Å². The van der Waals surface area contributed by atoms with Crippen molar-refractivity contribution in [1.29, 1.82) is 0 Å². The van der Waals surface area contributed by atoms with Gasteiger partial charge in [-0.05, 0) is 52.5 Å². The molecule has 0 rings (SSSR count). The smallest absolute Gasteiger partial charge is 0.131 e. The van der Waals surface area contributed by atoms with Crippen molar-refractivity contribution < 1.29 is 9.59 Å². The second-order valence-corrected chi connectivity index (χ2v) is 7.54. The van der Waals surface area contributed by atoms with E-state index in [1.54, 1.807) is 13.8 Å². The number of rotatable bonds is 11. The van der Waals surface area contributed by atoms with Gasteiger partial charge < -0.3 is 10.1 Å². The van der Waals surface area contributed by atoms with Gasteiger partial charge in [0.1, 0.15) is 11.6 Å². The maximum absolute atomic E-state index is 11.2. The molecule has 0 heterocycles. The molecule has 0 aliphatic rings. The van der Waals surface area contributed by atoms with Crippen molar-refractivity contribution in [3.63, 3.8) is 0 Å². The van der Waals surface area contributed by atoms with Gasteiger partial charge in [-0.2, -0.15) is 0 Å². The fourth-order valence-electron chi connectivity index (χ4n) is 2.78. The van der Waals surface area contributed by atoms with Crippen molar-refractivity contribution in [1.82, 2.24) is 5.32 Å². The predicted octanol–water partition coefficient (Wildman–Crippen LogP) is 3.90. The van der Waals surface area contributed by atoms with Crippen molar-refractivity contribution in [3.8, 4) is 0 Å². The highest BCUT2D eigenvalue weighted by Crippen LogP contribution is 2.27. The van der Waals surface area contributed by atoms with E-state index in [4.69, 9.17) is 0 Å². The van der Waals surface area contributed by atoms with E-state index in [0.29, 0.717) is 12.8 Å². The van der Waals surface area contributed by atoms with Crippen LogP contribution >= 0.6 is 0 Å². The van der Waals surface area contributed by atoms with Crippen LogP contribution in [-0.2, 0) is 9.59 Å². The molecule has 0 bridgehead atoms. The van der Waals surface area contributed by atoms with E-state index >= 15 is 0 Å². The van der Waals surface area contributed by atoms with Crippen LogP contribution in [0.3, 0.4) is 0 Å². The summed E-state index contributed by atoms with van der Waals surface area (Å²) in [4.78, 5) is 22.3. The molecule has 0 saturated heterocycles. The second kappa shape index (κ2) is 8.56. The van der Waals surface area contributed by atoms with Crippen LogP contribution in [0.4, 0.5) is 0 Å². The summed E-state index contributed by atoms with van der Waals surface area (Å²) < 4.78 is 0. The summed E-state index contributed by atoms with van der Waals surface area (Å²) in [5, 5.41) is 3.45. The lowest BCUT2D eigenvalue weighted by Gasteiger charge is -2.25. The highest BCUT2D eigenvalue weighted by atomic mass is 16.1. The first-order valence-electron chi connectivity index (χ1n) is 7.78. The van der Waals surface area contributed by atoms with E-state index in [9.17, 15) is 9.59 Å². The quantitative estimate of drug-likeness (QED) is 0.585. The first kappa shape index (κ1) is 19.3. The molecule has 0 unspecified atom stereocenters. The van der Waals surface area contributed by atoms with Gasteiger partial charge in [-0.1, -0.05) is 26.7 Å². The fourth-order valence-corrected chi connectivity index (χ4v) is 2.78. The largest absolute Gasteiger partial charge is 0.311 e. The Balaban J connectivity index is 3.72. The third-order valence-corrected chi connectivity index (χ3v) is 3.55. The van der Waals surface area contributed by atoms with Gasteiger partial charge in [0.15, 0.2) is 0 Å². The van der Waals surface area contributed by atoms with Crippen LogP contribution in [-0.4, -0.2) is 23.7 Å². The molecule has 0 aliphatic carbocycles. The lowest BCUT2D eigenvalue weighted by molar-refractivity contribution is -0.119. The Morgan fingerprint density at radius 3 is 1.90 bits per heavy atom. The average molecular weight is 283 g/mol. The molecule has 0 amide bonds. The standard InChI is InChI=1S/C17H33NO2/c1-14(19)12-16(3,4)10-8-7-9-11-18-17(5,6)13-15(2)20/h18H,7-13H2,1-6H3. The third kappa shape index (κ3) is 11.2. The van der Waals surface area contributed by atoms with Crippen LogP contribution in [0.5, 0.6) is 0 Å². The molecule has 1 N–H and O–H groups in total. The zero-order chi connectivity index (χ0) is 15.8. The minimum absolute atomic E-state index is 0.0975. The summed E-state index contributed by atoms with van der Waals surface area (Å²) in [6.07, 6.45) is 5.82. The topological polar surface area (TPSA) is 46.2 Å². The van der Waals surface area contributed by atoms with Crippen LogP contribution in [0.15, 0.2) is 0 Å². The van der Waals surface area contributed by atoms with Crippen molar-refractivity contribution >= 4 is 11.6 Å². The number of nitrogens with one attached hydrogen (secondary N) is 1. The van der Waals surface area contributed by atoms with E-state index in [2.05, 4.69) is 33.0 Å². The molecule has 0 saturated carbocycles. The Morgan fingerprint density at radius 1 is 0.850 bits per heavy atom. The first-order valence-corrected chi connectivity index (χ1v) is 7.78. The van der Waals surface area contributed by atoms with Gasteiger partial charge in [0.05, 0.1) is 0 Å². The van der Waals surface area contributed by atoms with Crippen LogP contribution in [0, 0.1) is 5.41 Å². The van der Waals surface area contributed by atoms with E-state index in [1.165, 1.54) is 6.42 Å². The number of hydrogen-bond acceptors (Lipinski definition) is 3. The summed E-state index contributed by atoms with van der Waals surface area (Å²) in [5.41, 5.74) is 0.0346. The van der Waals surface area contributed by atoms with Crippen LogP contribution in [0.2, 0.25) is 0 Å². The lowest BCUT2D eigenvalue weighted by Crippen LogP contribution is -2.41. The minimum atomic E-state index is -0.0975. The van der Waals surface area contributed by atoms with Gasteiger partial charge in [0.25, 0.3) is 0 Å². The number of unbranched alkanes of at least 4 members (excludes halogenated alkanes) is 2. The summed E-state index contributed by atoms with van der Waals surface area (Å²) in [5.74, 6) is 0.510. The van der Waals surface area contributed by atoms with Gasteiger partial charge in [-0.15, -0.1) is 0 Å². The molecule has 0 fully saturated rings. The highest BCUT2D eigenvalue weighted by Gasteiger charge is 2.20. The zero-order valence-corrected chi connectivity index (χ0v) is 14.3. The molecule has 0 atom stereocenters. The number of carbonyl (C=O) groups is 2. The molecule has 0 aromatic heterocycles.